The van der Waals surface area contributed by atoms with Crippen molar-refractivity contribution in [1.29, 1.82) is 5.41 Å². The fraction of sp³-hybridized carbons (Fsp3) is 0.333. The van der Waals surface area contributed by atoms with E-state index in [2.05, 4.69) is 10.00 Å². The van der Waals surface area contributed by atoms with Gasteiger partial charge in [0.2, 0.25) is 0 Å². The highest BCUT2D eigenvalue weighted by Gasteiger charge is 2.09. The van der Waals surface area contributed by atoms with Gasteiger partial charge in [0.25, 0.3) is 0 Å². The van der Waals surface area contributed by atoms with Crippen LogP contribution in [0.4, 0.5) is 0 Å². The second kappa shape index (κ2) is 6.41. The molecule has 2 rings (SSSR count). The summed E-state index contributed by atoms with van der Waals surface area (Å²) < 4.78 is 7.02. The molecule has 1 heterocycles. The minimum atomic E-state index is 0.0172. The first-order chi connectivity index (χ1) is 9.99. The summed E-state index contributed by atoms with van der Waals surface area (Å²) in [7, 11) is 5.53. The Hall–Kier alpha value is -2.34. The van der Waals surface area contributed by atoms with Crippen LogP contribution in [0.15, 0.2) is 30.6 Å². The van der Waals surface area contributed by atoms with Gasteiger partial charge in [-0.1, -0.05) is 6.07 Å². The normalized spacial score (nSPS) is 10.9. The van der Waals surface area contributed by atoms with E-state index in [9.17, 15) is 0 Å². The number of nitrogens with one attached hydrogen (secondary N) is 1. The second-order valence-electron chi connectivity index (χ2n) is 5.14. The van der Waals surface area contributed by atoms with E-state index in [0.29, 0.717) is 11.3 Å². The number of methoxy groups -OCH3 is 1. The van der Waals surface area contributed by atoms with Gasteiger partial charge < -0.3 is 10.5 Å². The number of aromatic nitrogens is 2. The van der Waals surface area contributed by atoms with E-state index in [1.54, 1.807) is 11.8 Å². The van der Waals surface area contributed by atoms with Crippen LogP contribution in [-0.4, -0.2) is 34.7 Å². The molecule has 0 aliphatic rings. The van der Waals surface area contributed by atoms with Gasteiger partial charge in [-0.3, -0.25) is 15.0 Å². The van der Waals surface area contributed by atoms with Gasteiger partial charge in [0.05, 0.1) is 18.9 Å². The van der Waals surface area contributed by atoms with Crippen LogP contribution >= 0.6 is 0 Å². The van der Waals surface area contributed by atoms with Gasteiger partial charge >= 0.3 is 0 Å². The van der Waals surface area contributed by atoms with Gasteiger partial charge in [0.15, 0.2) is 0 Å². The van der Waals surface area contributed by atoms with E-state index in [0.717, 1.165) is 18.7 Å². The van der Waals surface area contributed by atoms with Gasteiger partial charge in [0.1, 0.15) is 11.6 Å². The van der Waals surface area contributed by atoms with E-state index >= 15 is 0 Å². The number of hydrogen-bond donors (Lipinski definition) is 2. The van der Waals surface area contributed by atoms with Crippen molar-refractivity contribution in [2.45, 2.75) is 13.1 Å². The summed E-state index contributed by atoms with van der Waals surface area (Å²) in [5.41, 5.74) is 8.48. The van der Waals surface area contributed by atoms with Crippen molar-refractivity contribution in [3.63, 3.8) is 0 Å². The third-order valence-corrected chi connectivity index (χ3v) is 3.22. The van der Waals surface area contributed by atoms with Gasteiger partial charge in [-0.25, -0.2) is 0 Å². The lowest BCUT2D eigenvalue weighted by molar-refractivity contribution is 0.318. The molecule has 0 aliphatic heterocycles. The average Bonchev–Trinajstić information content (AvgIpc) is 2.83. The molecule has 0 spiro atoms. The highest BCUT2D eigenvalue weighted by Crippen LogP contribution is 2.20. The summed E-state index contributed by atoms with van der Waals surface area (Å²) in [6, 6.07) is 5.75. The van der Waals surface area contributed by atoms with Crippen LogP contribution in [0, 0.1) is 5.41 Å². The fourth-order valence-electron chi connectivity index (χ4n) is 2.30. The maximum Gasteiger partial charge on any atom is 0.129 e. The van der Waals surface area contributed by atoms with Gasteiger partial charge in [0, 0.05) is 31.9 Å². The van der Waals surface area contributed by atoms with Crippen LogP contribution < -0.4 is 10.5 Å². The first kappa shape index (κ1) is 15.1. The van der Waals surface area contributed by atoms with Crippen molar-refractivity contribution in [1.82, 2.24) is 14.7 Å². The molecule has 6 nitrogen and oxygen atoms in total. The number of aryl methyl sites for hydroxylation is 1. The average molecular weight is 287 g/mol. The topological polar surface area (TPSA) is 80.2 Å². The standard InChI is InChI=1S/C15H21N5O/c1-19(9-12-7-18-20(2)10-12)8-11-4-5-14(21-3)13(6-11)15(16)17/h4-7,10H,8-9H2,1-3H3,(H3,16,17). The van der Waals surface area contributed by atoms with Crippen LogP contribution in [0.1, 0.15) is 16.7 Å². The molecule has 0 amide bonds. The SMILES string of the molecule is COc1ccc(CN(C)Cc2cnn(C)c2)cc1C(=N)N. The summed E-state index contributed by atoms with van der Waals surface area (Å²) in [5.74, 6) is 0.643. The van der Waals surface area contributed by atoms with E-state index in [-0.39, 0.29) is 5.84 Å². The predicted molar refractivity (Wildman–Crippen MR) is 82.4 cm³/mol. The Morgan fingerprint density at radius 2 is 2.10 bits per heavy atom. The monoisotopic (exact) mass is 287 g/mol. The first-order valence-corrected chi connectivity index (χ1v) is 6.67. The molecule has 0 saturated carbocycles. The largest absolute Gasteiger partial charge is 0.496 e. The molecule has 6 heteroatoms. The number of rotatable bonds is 6. The Balaban J connectivity index is 2.08. The zero-order valence-electron chi connectivity index (χ0n) is 12.6. The Labute approximate surface area is 124 Å². The van der Waals surface area contributed by atoms with Crippen LogP contribution in [0.2, 0.25) is 0 Å². The smallest absolute Gasteiger partial charge is 0.129 e. The van der Waals surface area contributed by atoms with Crippen molar-refractivity contribution in [2.24, 2.45) is 12.8 Å². The maximum absolute atomic E-state index is 7.61. The minimum Gasteiger partial charge on any atom is -0.496 e. The predicted octanol–water partition coefficient (Wildman–Crippen LogP) is 1.34. The summed E-state index contributed by atoms with van der Waals surface area (Å²) in [5, 5.41) is 11.8. The highest BCUT2D eigenvalue weighted by molar-refractivity contribution is 5.97. The molecule has 0 saturated heterocycles. The molecule has 1 aromatic carbocycles. The second-order valence-corrected chi connectivity index (χ2v) is 5.14. The van der Waals surface area contributed by atoms with E-state index in [1.807, 2.05) is 44.7 Å². The summed E-state index contributed by atoms with van der Waals surface area (Å²) in [6.45, 7) is 1.58. The number of hydrogen-bond acceptors (Lipinski definition) is 4. The van der Waals surface area contributed by atoms with Crippen molar-refractivity contribution in [3.8, 4) is 5.75 Å². The molecule has 0 aliphatic carbocycles. The summed E-state index contributed by atoms with van der Waals surface area (Å²) in [4.78, 5) is 2.18. The van der Waals surface area contributed by atoms with Crippen LogP contribution in [0.5, 0.6) is 5.75 Å². The summed E-state index contributed by atoms with van der Waals surface area (Å²) in [6.07, 6.45) is 3.87. The van der Waals surface area contributed by atoms with Gasteiger partial charge in [-0.2, -0.15) is 5.10 Å². The maximum atomic E-state index is 7.61. The molecular weight excluding hydrogens is 266 g/mol. The van der Waals surface area contributed by atoms with Crippen LogP contribution in [0.25, 0.3) is 0 Å². The van der Waals surface area contributed by atoms with Crippen molar-refractivity contribution >= 4 is 5.84 Å². The number of amidine groups is 1. The fourth-order valence-corrected chi connectivity index (χ4v) is 2.30. The Morgan fingerprint density at radius 3 is 2.67 bits per heavy atom. The molecule has 112 valence electrons. The zero-order chi connectivity index (χ0) is 15.4. The molecule has 2 aromatic rings. The third-order valence-electron chi connectivity index (χ3n) is 3.22. The minimum absolute atomic E-state index is 0.0172. The molecule has 3 N–H and O–H groups in total. The molecule has 0 fully saturated rings. The molecule has 0 radical (unpaired) electrons. The van der Waals surface area contributed by atoms with E-state index < -0.39 is 0 Å². The lowest BCUT2D eigenvalue weighted by atomic mass is 10.1. The van der Waals surface area contributed by atoms with Gasteiger partial charge in [-0.15, -0.1) is 0 Å². The van der Waals surface area contributed by atoms with Gasteiger partial charge in [-0.05, 0) is 24.7 Å². The molecular formula is C15H21N5O. The number of nitrogen functional groups attached to an aromatic ring is 1. The Kier molecular flexibility index (Phi) is 4.59. The zero-order valence-corrected chi connectivity index (χ0v) is 12.6. The van der Waals surface area contributed by atoms with Crippen LogP contribution in [-0.2, 0) is 20.1 Å². The number of nitrogens with two attached hydrogens (primary N) is 1. The van der Waals surface area contributed by atoms with E-state index in [1.165, 1.54) is 5.56 Å². The molecule has 0 atom stereocenters. The lowest BCUT2D eigenvalue weighted by Crippen LogP contribution is -2.18. The lowest BCUT2D eigenvalue weighted by Gasteiger charge is -2.17. The molecule has 1 aromatic heterocycles. The Morgan fingerprint density at radius 1 is 1.38 bits per heavy atom. The number of ether oxygens (including phenoxy) is 1. The van der Waals surface area contributed by atoms with Crippen molar-refractivity contribution < 1.29 is 4.74 Å². The third kappa shape index (κ3) is 3.82. The molecule has 0 bridgehead atoms. The number of benzene rings is 1. The molecule has 21 heavy (non-hydrogen) atoms. The first-order valence-electron chi connectivity index (χ1n) is 6.67. The number of nitrogens with zero attached hydrogens (tertiary/aromatic N) is 3. The Bertz CT molecular complexity index is 635. The van der Waals surface area contributed by atoms with Crippen LogP contribution in [0.3, 0.4) is 0 Å². The van der Waals surface area contributed by atoms with Crippen molar-refractivity contribution in [3.05, 3.63) is 47.3 Å². The summed E-state index contributed by atoms with van der Waals surface area (Å²) >= 11 is 0. The quantitative estimate of drug-likeness (QED) is 0.621. The molecule has 0 unspecified atom stereocenters. The van der Waals surface area contributed by atoms with E-state index in [4.69, 9.17) is 15.9 Å². The van der Waals surface area contributed by atoms with Crippen molar-refractivity contribution in [2.75, 3.05) is 14.2 Å². The highest BCUT2D eigenvalue weighted by atomic mass is 16.5.